The van der Waals surface area contributed by atoms with E-state index in [0.29, 0.717) is 0 Å². The topological polar surface area (TPSA) is 42.2 Å². The summed E-state index contributed by atoms with van der Waals surface area (Å²) in [4.78, 5) is 7.02. The third-order valence-electron chi connectivity index (χ3n) is 4.47. The largest absolute Gasteiger partial charge is 0.397 e. The van der Waals surface area contributed by atoms with Gasteiger partial charge in [0, 0.05) is 13.1 Å². The number of rotatable bonds is 2. The van der Waals surface area contributed by atoms with Gasteiger partial charge in [0.15, 0.2) is 0 Å². The van der Waals surface area contributed by atoms with Crippen LogP contribution in [-0.2, 0) is 0 Å². The van der Waals surface area contributed by atoms with Gasteiger partial charge in [0.25, 0.3) is 0 Å². The maximum absolute atomic E-state index is 6.26. The minimum Gasteiger partial charge on any atom is -0.397 e. The molecule has 1 aromatic carbocycles. The second kappa shape index (κ2) is 5.24. The van der Waals surface area contributed by atoms with E-state index in [9.17, 15) is 0 Å². The number of hydrogen-bond donors (Lipinski definition) is 1. The Balaban J connectivity index is 1.85. The molecule has 4 heteroatoms. The number of benzene rings is 1. The number of fused-ring (bicyclic) bond motifs is 1. The summed E-state index contributed by atoms with van der Waals surface area (Å²) in [5, 5.41) is 1.11. The Labute approximate surface area is 124 Å². The van der Waals surface area contributed by atoms with Gasteiger partial charge in [-0.2, -0.15) is 0 Å². The van der Waals surface area contributed by atoms with Crippen molar-refractivity contribution in [3.8, 4) is 0 Å². The summed E-state index contributed by atoms with van der Waals surface area (Å²) < 4.78 is 1.20. The molecule has 20 heavy (non-hydrogen) atoms. The van der Waals surface area contributed by atoms with Crippen LogP contribution < -0.4 is 10.6 Å². The zero-order chi connectivity index (χ0) is 14.3. The fraction of sp³-hybridized carbons (Fsp3) is 0.562. The highest BCUT2D eigenvalue weighted by molar-refractivity contribution is 7.18. The Kier molecular flexibility index (Phi) is 3.59. The standard InChI is InChI=1S/C16H23N3S/c1-10(2)12-4-6-19(7-5-12)15-9-14-16(8-13(15)17)20-11(3)18-14/h8-10,12H,4-7,17H2,1-3H3. The van der Waals surface area contributed by atoms with Crippen LogP contribution in [0.15, 0.2) is 12.1 Å². The first kappa shape index (κ1) is 13.7. The molecule has 1 aliphatic rings. The first-order chi connectivity index (χ1) is 9.54. The van der Waals surface area contributed by atoms with Crippen LogP contribution in [0, 0.1) is 18.8 Å². The molecule has 1 aliphatic heterocycles. The smallest absolute Gasteiger partial charge is 0.0907 e. The monoisotopic (exact) mass is 289 g/mol. The average molecular weight is 289 g/mol. The molecule has 0 radical (unpaired) electrons. The van der Waals surface area contributed by atoms with Gasteiger partial charge in [-0.3, -0.25) is 0 Å². The van der Waals surface area contributed by atoms with Crippen LogP contribution in [0.3, 0.4) is 0 Å². The van der Waals surface area contributed by atoms with Crippen molar-refractivity contribution < 1.29 is 0 Å². The second-order valence-electron chi connectivity index (χ2n) is 6.18. The summed E-state index contributed by atoms with van der Waals surface area (Å²) >= 11 is 1.72. The Morgan fingerprint density at radius 2 is 2.00 bits per heavy atom. The zero-order valence-corrected chi connectivity index (χ0v) is 13.3. The van der Waals surface area contributed by atoms with E-state index in [0.717, 1.165) is 41.1 Å². The van der Waals surface area contributed by atoms with E-state index >= 15 is 0 Å². The predicted molar refractivity (Wildman–Crippen MR) is 88.5 cm³/mol. The minimum atomic E-state index is 0.790. The number of nitrogens with zero attached hydrogens (tertiary/aromatic N) is 2. The third-order valence-corrected chi connectivity index (χ3v) is 5.40. The van der Waals surface area contributed by atoms with Crippen LogP contribution in [0.2, 0.25) is 0 Å². The van der Waals surface area contributed by atoms with Crippen molar-refractivity contribution in [2.45, 2.75) is 33.6 Å². The van der Waals surface area contributed by atoms with Gasteiger partial charge in [0.1, 0.15) is 0 Å². The number of hydrogen-bond acceptors (Lipinski definition) is 4. The van der Waals surface area contributed by atoms with E-state index in [2.05, 4.69) is 42.8 Å². The average Bonchev–Trinajstić information content (AvgIpc) is 2.77. The van der Waals surface area contributed by atoms with Crippen molar-refractivity contribution in [3.05, 3.63) is 17.1 Å². The summed E-state index contributed by atoms with van der Waals surface area (Å²) in [6.45, 7) is 8.94. The highest BCUT2D eigenvalue weighted by atomic mass is 32.1. The Morgan fingerprint density at radius 1 is 1.30 bits per heavy atom. The van der Waals surface area contributed by atoms with E-state index in [1.54, 1.807) is 11.3 Å². The van der Waals surface area contributed by atoms with Crippen LogP contribution in [-0.4, -0.2) is 18.1 Å². The third kappa shape index (κ3) is 2.49. The molecule has 0 bridgehead atoms. The molecular formula is C16H23N3S. The lowest BCUT2D eigenvalue weighted by atomic mass is 9.86. The lowest BCUT2D eigenvalue weighted by molar-refractivity contribution is 0.311. The molecule has 2 aromatic rings. The zero-order valence-electron chi connectivity index (χ0n) is 12.5. The van der Waals surface area contributed by atoms with E-state index < -0.39 is 0 Å². The molecular weight excluding hydrogens is 266 g/mol. The molecule has 0 aliphatic carbocycles. The van der Waals surface area contributed by atoms with Gasteiger partial charge in [0.2, 0.25) is 0 Å². The van der Waals surface area contributed by atoms with E-state index in [1.807, 2.05) is 0 Å². The van der Waals surface area contributed by atoms with Crippen molar-refractivity contribution in [1.82, 2.24) is 4.98 Å². The number of nitrogens with two attached hydrogens (primary N) is 1. The van der Waals surface area contributed by atoms with Crippen LogP contribution in [0.25, 0.3) is 10.2 Å². The van der Waals surface area contributed by atoms with Crippen molar-refractivity contribution in [2.24, 2.45) is 11.8 Å². The summed E-state index contributed by atoms with van der Waals surface area (Å²) in [5.41, 5.74) is 9.41. The summed E-state index contributed by atoms with van der Waals surface area (Å²) in [6, 6.07) is 4.26. The molecule has 0 atom stereocenters. The maximum atomic E-state index is 6.26. The van der Waals surface area contributed by atoms with Crippen molar-refractivity contribution in [2.75, 3.05) is 23.7 Å². The van der Waals surface area contributed by atoms with Crippen LogP contribution >= 0.6 is 11.3 Å². The first-order valence-electron chi connectivity index (χ1n) is 7.46. The predicted octanol–water partition coefficient (Wildman–Crippen LogP) is 4.06. The normalized spacial score (nSPS) is 17.3. The van der Waals surface area contributed by atoms with Crippen LogP contribution in [0.1, 0.15) is 31.7 Å². The van der Waals surface area contributed by atoms with Gasteiger partial charge in [-0.1, -0.05) is 13.8 Å². The number of thiazole rings is 1. The summed E-state index contributed by atoms with van der Waals surface area (Å²) in [6.07, 6.45) is 2.54. The molecule has 1 fully saturated rings. The first-order valence-corrected chi connectivity index (χ1v) is 8.28. The van der Waals surface area contributed by atoms with Crippen molar-refractivity contribution in [1.29, 1.82) is 0 Å². The highest BCUT2D eigenvalue weighted by Gasteiger charge is 2.23. The van der Waals surface area contributed by atoms with Crippen LogP contribution in [0.5, 0.6) is 0 Å². The quantitative estimate of drug-likeness (QED) is 0.848. The number of aryl methyl sites for hydroxylation is 1. The molecule has 2 heterocycles. The molecule has 2 N–H and O–H groups in total. The van der Waals surface area contributed by atoms with Crippen molar-refractivity contribution in [3.63, 3.8) is 0 Å². The fourth-order valence-electron chi connectivity index (χ4n) is 3.17. The molecule has 1 saturated heterocycles. The van der Waals surface area contributed by atoms with Gasteiger partial charge < -0.3 is 10.6 Å². The molecule has 0 unspecified atom stereocenters. The van der Waals surface area contributed by atoms with E-state index in [4.69, 9.17) is 5.73 Å². The number of aromatic nitrogens is 1. The molecule has 108 valence electrons. The lowest BCUT2D eigenvalue weighted by Crippen LogP contribution is -2.35. The maximum Gasteiger partial charge on any atom is 0.0907 e. The Bertz CT molecular complexity index is 609. The molecule has 0 amide bonds. The van der Waals surface area contributed by atoms with E-state index in [-0.39, 0.29) is 0 Å². The SMILES string of the molecule is Cc1nc2cc(N3CCC(C(C)C)CC3)c(N)cc2s1. The second-order valence-corrected chi connectivity index (χ2v) is 7.41. The molecule has 1 aromatic heterocycles. The molecule has 0 saturated carbocycles. The molecule has 3 rings (SSSR count). The number of anilines is 2. The van der Waals surface area contributed by atoms with E-state index in [1.165, 1.54) is 23.2 Å². The van der Waals surface area contributed by atoms with Gasteiger partial charge >= 0.3 is 0 Å². The molecule has 0 spiro atoms. The van der Waals surface area contributed by atoms with Gasteiger partial charge in [-0.05, 0) is 43.7 Å². The minimum absolute atomic E-state index is 0.790. The Morgan fingerprint density at radius 3 is 2.65 bits per heavy atom. The van der Waals surface area contributed by atoms with Crippen molar-refractivity contribution >= 4 is 32.9 Å². The molecule has 3 nitrogen and oxygen atoms in total. The summed E-state index contributed by atoms with van der Waals surface area (Å²) in [5.74, 6) is 1.65. The Hall–Kier alpha value is -1.29. The van der Waals surface area contributed by atoms with Gasteiger partial charge in [0.05, 0.1) is 26.6 Å². The van der Waals surface area contributed by atoms with Gasteiger partial charge in [-0.25, -0.2) is 4.98 Å². The lowest BCUT2D eigenvalue weighted by Gasteiger charge is -2.35. The fourth-order valence-corrected chi connectivity index (χ4v) is 4.03. The number of piperidine rings is 1. The van der Waals surface area contributed by atoms with Crippen LogP contribution in [0.4, 0.5) is 11.4 Å². The highest BCUT2D eigenvalue weighted by Crippen LogP contribution is 2.35. The van der Waals surface area contributed by atoms with Gasteiger partial charge in [-0.15, -0.1) is 11.3 Å². The summed E-state index contributed by atoms with van der Waals surface area (Å²) in [7, 11) is 0. The number of nitrogen functional groups attached to an aromatic ring is 1.